The molecule has 0 saturated heterocycles. The van der Waals surface area contributed by atoms with Crippen LogP contribution in [0.1, 0.15) is 17.3 Å². The van der Waals surface area contributed by atoms with Crippen LogP contribution in [0.15, 0.2) is 57.6 Å². The van der Waals surface area contributed by atoms with Gasteiger partial charge in [-0.15, -0.1) is 0 Å². The van der Waals surface area contributed by atoms with E-state index in [0.717, 1.165) is 4.90 Å². The van der Waals surface area contributed by atoms with Gasteiger partial charge in [0, 0.05) is 11.1 Å². The number of carbonyl (C=O) groups excluding carboxylic acids is 1. The molecular formula is C17H13N5O2S. The second kappa shape index (κ2) is 9.06. The van der Waals surface area contributed by atoms with Crippen LogP contribution in [0.2, 0.25) is 0 Å². The number of hydrogen-bond donors (Lipinski definition) is 1. The van der Waals surface area contributed by atoms with E-state index in [1.54, 1.807) is 55.6 Å². The number of rotatable bonds is 6. The highest BCUT2D eigenvalue weighted by atomic mass is 32.2. The Balaban J connectivity index is 2.14. The molecule has 0 spiro atoms. The Morgan fingerprint density at radius 2 is 2.12 bits per heavy atom. The molecule has 2 aromatic rings. The molecule has 1 aromatic carbocycles. The topological polar surface area (TPSA) is 111 Å². The van der Waals surface area contributed by atoms with E-state index < -0.39 is 5.97 Å². The molecule has 0 aliphatic heterocycles. The zero-order valence-corrected chi connectivity index (χ0v) is 14.1. The van der Waals surface area contributed by atoms with Crippen LogP contribution in [0, 0.1) is 22.7 Å². The molecule has 1 heterocycles. The number of pyridine rings is 1. The van der Waals surface area contributed by atoms with Crippen molar-refractivity contribution >= 4 is 29.1 Å². The molecule has 0 radical (unpaired) electrons. The summed E-state index contributed by atoms with van der Waals surface area (Å²) < 4.78 is 4.97. The van der Waals surface area contributed by atoms with E-state index in [2.05, 4.69) is 15.5 Å². The highest BCUT2D eigenvalue weighted by Gasteiger charge is 2.08. The number of hydrazone groups is 1. The Morgan fingerprint density at radius 1 is 1.32 bits per heavy atom. The minimum atomic E-state index is -0.392. The zero-order chi connectivity index (χ0) is 18.1. The first kappa shape index (κ1) is 18.0. The van der Waals surface area contributed by atoms with Crippen molar-refractivity contribution in [2.75, 3.05) is 12.0 Å². The molecule has 0 bridgehead atoms. The van der Waals surface area contributed by atoms with Crippen LogP contribution in [0.3, 0.4) is 0 Å². The predicted molar refractivity (Wildman–Crippen MR) is 93.0 cm³/mol. The van der Waals surface area contributed by atoms with Crippen LogP contribution in [0.25, 0.3) is 0 Å². The zero-order valence-electron chi connectivity index (χ0n) is 13.3. The third kappa shape index (κ3) is 5.34. The largest absolute Gasteiger partial charge is 0.462 e. The third-order valence-electron chi connectivity index (χ3n) is 2.81. The summed E-state index contributed by atoms with van der Waals surface area (Å²) in [5, 5.41) is 21.7. The minimum Gasteiger partial charge on any atom is -0.462 e. The molecule has 0 aliphatic carbocycles. The molecule has 0 saturated carbocycles. The number of ether oxygens (including phenoxy) is 1. The van der Waals surface area contributed by atoms with E-state index in [4.69, 9.17) is 15.3 Å². The lowest BCUT2D eigenvalue weighted by atomic mass is 10.3. The number of esters is 1. The molecule has 25 heavy (non-hydrogen) atoms. The maximum Gasteiger partial charge on any atom is 0.338 e. The summed E-state index contributed by atoms with van der Waals surface area (Å²) in [7, 11) is 0. The molecule has 8 heteroatoms. The molecule has 0 unspecified atom stereocenters. The monoisotopic (exact) mass is 351 g/mol. The normalized spacial score (nSPS) is 9.40. The summed E-state index contributed by atoms with van der Waals surface area (Å²) in [5.74, 6) is -0.392. The van der Waals surface area contributed by atoms with Gasteiger partial charge in [-0.1, -0.05) is 17.8 Å². The van der Waals surface area contributed by atoms with Crippen LogP contribution in [0.4, 0.5) is 5.69 Å². The first-order chi connectivity index (χ1) is 12.2. The van der Waals surface area contributed by atoms with E-state index in [0.29, 0.717) is 22.9 Å². The summed E-state index contributed by atoms with van der Waals surface area (Å²) in [6.07, 6.45) is 1.55. The van der Waals surface area contributed by atoms with E-state index in [1.807, 2.05) is 6.07 Å². The standard InChI is InChI=1S/C17H13N5O2S/c1-2-24-17(23)12-6-7-20-16(8-12)25-15-5-3-4-13(9-15)21-22-14(10-18)11-19/h3-9,21H,2H2,1H3. The van der Waals surface area contributed by atoms with Crippen molar-refractivity contribution in [1.82, 2.24) is 4.98 Å². The molecule has 124 valence electrons. The number of benzene rings is 1. The lowest BCUT2D eigenvalue weighted by molar-refractivity contribution is 0.0526. The summed E-state index contributed by atoms with van der Waals surface area (Å²) in [4.78, 5) is 16.9. The van der Waals surface area contributed by atoms with E-state index in [9.17, 15) is 4.79 Å². The number of carbonyl (C=O) groups is 1. The van der Waals surface area contributed by atoms with Gasteiger partial charge < -0.3 is 4.74 Å². The van der Waals surface area contributed by atoms with E-state index >= 15 is 0 Å². The van der Waals surface area contributed by atoms with Crippen molar-refractivity contribution in [1.29, 1.82) is 10.5 Å². The molecule has 0 amide bonds. The number of nitrogens with one attached hydrogen (secondary N) is 1. The Bertz CT molecular complexity index is 867. The van der Waals surface area contributed by atoms with Crippen LogP contribution in [-0.2, 0) is 4.74 Å². The smallest absolute Gasteiger partial charge is 0.338 e. The Hall–Kier alpha value is -3.36. The van der Waals surface area contributed by atoms with Crippen molar-refractivity contribution in [3.63, 3.8) is 0 Å². The number of anilines is 1. The van der Waals surface area contributed by atoms with Crippen molar-refractivity contribution in [3.05, 3.63) is 48.2 Å². The average molecular weight is 351 g/mol. The van der Waals surface area contributed by atoms with Gasteiger partial charge >= 0.3 is 5.97 Å². The van der Waals surface area contributed by atoms with Gasteiger partial charge in [0.05, 0.1) is 17.9 Å². The highest BCUT2D eigenvalue weighted by Crippen LogP contribution is 2.28. The van der Waals surface area contributed by atoms with Gasteiger partial charge in [-0.2, -0.15) is 15.6 Å². The van der Waals surface area contributed by atoms with E-state index in [1.165, 1.54) is 11.8 Å². The fourth-order valence-electron chi connectivity index (χ4n) is 1.75. The van der Waals surface area contributed by atoms with Gasteiger partial charge in [0.15, 0.2) is 0 Å². The van der Waals surface area contributed by atoms with Crippen molar-refractivity contribution in [2.24, 2.45) is 5.10 Å². The van der Waals surface area contributed by atoms with Crippen LogP contribution in [0.5, 0.6) is 0 Å². The lowest BCUT2D eigenvalue weighted by Gasteiger charge is -2.06. The van der Waals surface area contributed by atoms with Gasteiger partial charge in [-0.25, -0.2) is 9.78 Å². The first-order valence-corrected chi connectivity index (χ1v) is 8.03. The minimum absolute atomic E-state index is 0.262. The molecule has 0 atom stereocenters. The molecule has 2 rings (SSSR count). The number of nitriles is 2. The fraction of sp³-hybridized carbons (Fsp3) is 0.118. The van der Waals surface area contributed by atoms with Crippen molar-refractivity contribution in [2.45, 2.75) is 16.8 Å². The predicted octanol–water partition coefficient (Wildman–Crippen LogP) is 3.22. The summed E-state index contributed by atoms with van der Waals surface area (Å²) in [6, 6.07) is 13.8. The van der Waals surface area contributed by atoms with Crippen molar-refractivity contribution < 1.29 is 9.53 Å². The molecule has 7 nitrogen and oxygen atoms in total. The van der Waals surface area contributed by atoms with E-state index in [-0.39, 0.29) is 5.71 Å². The first-order valence-electron chi connectivity index (χ1n) is 7.21. The maximum absolute atomic E-state index is 11.8. The SMILES string of the molecule is CCOC(=O)c1ccnc(Sc2cccc(NN=C(C#N)C#N)c2)c1. The third-order valence-corrected chi connectivity index (χ3v) is 3.73. The molecule has 1 N–H and O–H groups in total. The van der Waals surface area contributed by atoms with Crippen LogP contribution < -0.4 is 5.43 Å². The Kier molecular flexibility index (Phi) is 6.52. The molecule has 1 aromatic heterocycles. The summed E-state index contributed by atoms with van der Waals surface area (Å²) in [6.45, 7) is 2.06. The highest BCUT2D eigenvalue weighted by molar-refractivity contribution is 7.99. The van der Waals surface area contributed by atoms with Crippen LogP contribution in [-0.4, -0.2) is 23.3 Å². The quantitative estimate of drug-likeness (QED) is 0.483. The fourth-order valence-corrected chi connectivity index (χ4v) is 2.63. The van der Waals surface area contributed by atoms with Gasteiger partial charge in [-0.3, -0.25) is 5.43 Å². The average Bonchev–Trinajstić information content (AvgIpc) is 2.63. The van der Waals surface area contributed by atoms with Gasteiger partial charge in [0.25, 0.3) is 0 Å². The number of aromatic nitrogens is 1. The van der Waals surface area contributed by atoms with Crippen molar-refractivity contribution in [3.8, 4) is 12.1 Å². The van der Waals surface area contributed by atoms with Gasteiger partial charge in [-0.05, 0) is 37.3 Å². The lowest BCUT2D eigenvalue weighted by Crippen LogP contribution is -2.04. The number of nitrogens with zero attached hydrogens (tertiary/aromatic N) is 4. The Morgan fingerprint density at radius 3 is 2.84 bits per heavy atom. The van der Waals surface area contributed by atoms with Crippen LogP contribution >= 0.6 is 11.8 Å². The summed E-state index contributed by atoms with van der Waals surface area (Å²) in [5.41, 5.74) is 3.45. The molecule has 0 aliphatic rings. The Labute approximate surface area is 148 Å². The van der Waals surface area contributed by atoms with Gasteiger partial charge in [0.2, 0.25) is 5.71 Å². The second-order valence-electron chi connectivity index (χ2n) is 4.53. The maximum atomic E-state index is 11.8. The number of hydrogen-bond acceptors (Lipinski definition) is 8. The van der Waals surface area contributed by atoms with Gasteiger partial charge in [0.1, 0.15) is 17.2 Å². The second-order valence-corrected chi connectivity index (χ2v) is 5.62. The molecule has 0 fully saturated rings. The molecular weight excluding hydrogens is 338 g/mol. The summed E-state index contributed by atoms with van der Waals surface area (Å²) >= 11 is 1.36.